The Morgan fingerprint density at radius 3 is 2.71 bits per heavy atom. The van der Waals surface area contributed by atoms with Crippen molar-refractivity contribution < 1.29 is 14.6 Å². The van der Waals surface area contributed by atoms with Crippen molar-refractivity contribution in [1.82, 2.24) is 9.38 Å². The summed E-state index contributed by atoms with van der Waals surface area (Å²) in [6.07, 6.45) is 2.72. The van der Waals surface area contributed by atoms with Crippen molar-refractivity contribution in [1.29, 1.82) is 0 Å². The highest BCUT2D eigenvalue weighted by atomic mass is 16.5. The van der Waals surface area contributed by atoms with E-state index in [2.05, 4.69) is 0 Å². The molecule has 0 aliphatic rings. The Morgan fingerprint density at radius 1 is 1.25 bits per heavy atom. The highest BCUT2D eigenvalue weighted by Crippen LogP contribution is 2.30. The van der Waals surface area contributed by atoms with Crippen LogP contribution in [0.15, 0.2) is 42.5 Å². The molecule has 1 aromatic carbocycles. The quantitative estimate of drug-likeness (QED) is 0.744. The molecule has 0 saturated carbocycles. The van der Waals surface area contributed by atoms with E-state index in [1.54, 1.807) is 13.2 Å². The molecule has 0 saturated heterocycles. The van der Waals surface area contributed by atoms with Crippen LogP contribution in [-0.2, 0) is 4.79 Å². The maximum absolute atomic E-state index is 11.0. The van der Waals surface area contributed by atoms with E-state index in [1.165, 1.54) is 0 Å². The van der Waals surface area contributed by atoms with Crippen molar-refractivity contribution in [3.63, 3.8) is 0 Å². The lowest BCUT2D eigenvalue weighted by atomic mass is 10.1. The molecular formula is C19H18N2O3. The van der Waals surface area contributed by atoms with Crippen LogP contribution < -0.4 is 4.74 Å². The molecule has 122 valence electrons. The van der Waals surface area contributed by atoms with Gasteiger partial charge >= 0.3 is 5.97 Å². The van der Waals surface area contributed by atoms with Crippen LogP contribution in [0.4, 0.5) is 0 Å². The van der Waals surface area contributed by atoms with Crippen molar-refractivity contribution >= 4 is 17.7 Å². The molecule has 5 nitrogen and oxygen atoms in total. The van der Waals surface area contributed by atoms with Gasteiger partial charge in [0.1, 0.15) is 11.4 Å². The van der Waals surface area contributed by atoms with E-state index in [0.717, 1.165) is 45.7 Å². The molecule has 0 aliphatic carbocycles. The average Bonchev–Trinajstić information content (AvgIpc) is 2.92. The van der Waals surface area contributed by atoms with E-state index in [1.807, 2.05) is 54.6 Å². The van der Waals surface area contributed by atoms with Crippen LogP contribution in [0.3, 0.4) is 0 Å². The van der Waals surface area contributed by atoms with E-state index < -0.39 is 5.97 Å². The molecule has 3 aromatic rings. The highest BCUT2D eigenvalue weighted by Gasteiger charge is 2.14. The largest absolute Gasteiger partial charge is 0.496 e. The predicted octanol–water partition coefficient (Wildman–Crippen LogP) is 3.72. The van der Waals surface area contributed by atoms with Crippen LogP contribution in [0.1, 0.15) is 17.0 Å². The monoisotopic (exact) mass is 322 g/mol. The summed E-state index contributed by atoms with van der Waals surface area (Å²) in [4.78, 5) is 15.7. The smallest absolute Gasteiger partial charge is 0.328 e. The predicted molar refractivity (Wildman–Crippen MR) is 93.3 cm³/mol. The van der Waals surface area contributed by atoms with Crippen LogP contribution in [0.2, 0.25) is 0 Å². The number of fused-ring (bicyclic) bond motifs is 1. The van der Waals surface area contributed by atoms with E-state index in [0.29, 0.717) is 0 Å². The van der Waals surface area contributed by atoms with Crippen LogP contribution in [0.5, 0.6) is 5.75 Å². The molecule has 2 heterocycles. The Hall–Kier alpha value is -3.08. The zero-order chi connectivity index (χ0) is 17.3. The zero-order valence-electron chi connectivity index (χ0n) is 13.8. The third-order valence-electron chi connectivity index (χ3n) is 3.93. The van der Waals surface area contributed by atoms with Gasteiger partial charge in [-0.2, -0.15) is 0 Å². The molecule has 0 fully saturated rings. The fourth-order valence-electron chi connectivity index (χ4n) is 2.82. The summed E-state index contributed by atoms with van der Waals surface area (Å²) >= 11 is 0. The summed E-state index contributed by atoms with van der Waals surface area (Å²) in [5.74, 6) is -0.184. The summed E-state index contributed by atoms with van der Waals surface area (Å²) in [6.45, 7) is 3.94. The fraction of sp³-hybridized carbons (Fsp3) is 0.158. The SMILES string of the molecule is COc1ccc(-c2nc3cccc(C)n3c2/C=C/C(=O)O)cc1C. The third kappa shape index (κ3) is 2.76. The summed E-state index contributed by atoms with van der Waals surface area (Å²) in [7, 11) is 1.64. The number of aromatic nitrogens is 2. The topological polar surface area (TPSA) is 63.8 Å². The molecule has 1 N–H and O–H groups in total. The van der Waals surface area contributed by atoms with Crippen LogP contribution >= 0.6 is 0 Å². The molecule has 0 aliphatic heterocycles. The lowest BCUT2D eigenvalue weighted by Gasteiger charge is -2.07. The van der Waals surface area contributed by atoms with E-state index in [9.17, 15) is 4.79 Å². The van der Waals surface area contributed by atoms with E-state index in [4.69, 9.17) is 14.8 Å². The number of aryl methyl sites for hydroxylation is 2. The van der Waals surface area contributed by atoms with Crippen molar-refractivity contribution in [3.05, 3.63) is 59.4 Å². The minimum absolute atomic E-state index is 0.743. The second-order valence-electron chi connectivity index (χ2n) is 5.56. The van der Waals surface area contributed by atoms with Gasteiger partial charge in [-0.1, -0.05) is 6.07 Å². The summed E-state index contributed by atoms with van der Waals surface area (Å²) in [5.41, 5.74) is 5.17. The van der Waals surface area contributed by atoms with Gasteiger partial charge in [0.25, 0.3) is 0 Å². The number of hydrogen-bond donors (Lipinski definition) is 1. The van der Waals surface area contributed by atoms with Gasteiger partial charge in [0.2, 0.25) is 0 Å². The fourth-order valence-corrected chi connectivity index (χ4v) is 2.82. The maximum atomic E-state index is 11.0. The number of carboxylic acids is 1. The number of ether oxygens (including phenoxy) is 1. The van der Waals surface area contributed by atoms with Crippen molar-refractivity contribution in [3.8, 4) is 17.0 Å². The molecule has 2 aromatic heterocycles. The molecular weight excluding hydrogens is 304 g/mol. The number of rotatable bonds is 4. The Bertz CT molecular complexity index is 955. The van der Waals surface area contributed by atoms with Crippen LogP contribution in [0, 0.1) is 13.8 Å². The normalized spacial score (nSPS) is 11.3. The minimum Gasteiger partial charge on any atom is -0.496 e. The van der Waals surface area contributed by atoms with Gasteiger partial charge in [-0.05, 0) is 55.8 Å². The molecule has 0 unspecified atom stereocenters. The van der Waals surface area contributed by atoms with Gasteiger partial charge in [0.15, 0.2) is 0 Å². The Morgan fingerprint density at radius 2 is 2.04 bits per heavy atom. The highest BCUT2D eigenvalue weighted by molar-refractivity contribution is 5.87. The number of benzene rings is 1. The number of carboxylic acid groups (broad SMARTS) is 1. The number of imidazole rings is 1. The first kappa shape index (κ1) is 15.8. The van der Waals surface area contributed by atoms with Crippen molar-refractivity contribution in [2.45, 2.75) is 13.8 Å². The standard InChI is InChI=1S/C19H18N2O3/c1-12-11-14(7-9-16(12)24-3)19-15(8-10-18(22)23)21-13(2)5-4-6-17(21)20-19/h4-11H,1-3H3,(H,22,23)/b10-8+. The summed E-state index contributed by atoms with van der Waals surface area (Å²) < 4.78 is 7.26. The van der Waals surface area contributed by atoms with Crippen LogP contribution in [0.25, 0.3) is 23.0 Å². The number of pyridine rings is 1. The van der Waals surface area contributed by atoms with Crippen molar-refractivity contribution in [2.24, 2.45) is 0 Å². The molecule has 0 radical (unpaired) electrons. The van der Waals surface area contributed by atoms with Gasteiger partial charge in [-0.15, -0.1) is 0 Å². The third-order valence-corrected chi connectivity index (χ3v) is 3.93. The summed E-state index contributed by atoms with van der Waals surface area (Å²) in [6, 6.07) is 11.6. The number of aliphatic carboxylic acids is 1. The average molecular weight is 322 g/mol. The van der Waals surface area contributed by atoms with Gasteiger partial charge in [-0.25, -0.2) is 9.78 Å². The van der Waals surface area contributed by atoms with Gasteiger partial charge in [0.05, 0.1) is 18.5 Å². The number of nitrogens with zero attached hydrogens (tertiary/aromatic N) is 2. The Kier molecular flexibility index (Phi) is 4.08. The van der Waals surface area contributed by atoms with Crippen molar-refractivity contribution in [2.75, 3.05) is 7.11 Å². The van der Waals surface area contributed by atoms with E-state index >= 15 is 0 Å². The van der Waals surface area contributed by atoms with Gasteiger partial charge < -0.3 is 9.84 Å². The lowest BCUT2D eigenvalue weighted by molar-refractivity contribution is -0.131. The number of methoxy groups -OCH3 is 1. The van der Waals surface area contributed by atoms with Gasteiger partial charge in [-0.3, -0.25) is 4.40 Å². The lowest BCUT2D eigenvalue weighted by Crippen LogP contribution is -1.95. The summed E-state index contributed by atoms with van der Waals surface area (Å²) in [5, 5.41) is 8.99. The number of hydrogen-bond acceptors (Lipinski definition) is 3. The molecule has 0 bridgehead atoms. The molecule has 24 heavy (non-hydrogen) atoms. The minimum atomic E-state index is -0.990. The Balaban J connectivity index is 2.27. The molecule has 5 heteroatoms. The van der Waals surface area contributed by atoms with Crippen LogP contribution in [-0.4, -0.2) is 27.6 Å². The second-order valence-corrected chi connectivity index (χ2v) is 5.56. The molecule has 0 spiro atoms. The van der Waals surface area contributed by atoms with E-state index in [-0.39, 0.29) is 0 Å². The second kappa shape index (κ2) is 6.20. The molecule has 0 atom stereocenters. The molecule has 0 amide bonds. The molecule has 3 rings (SSSR count). The first-order valence-corrected chi connectivity index (χ1v) is 7.55. The maximum Gasteiger partial charge on any atom is 0.328 e. The Labute approximate surface area is 139 Å². The zero-order valence-corrected chi connectivity index (χ0v) is 13.8. The number of carbonyl (C=O) groups is 1. The first-order chi connectivity index (χ1) is 11.5. The first-order valence-electron chi connectivity index (χ1n) is 7.55. The van der Waals surface area contributed by atoms with Gasteiger partial charge in [0, 0.05) is 17.3 Å².